The molecular weight excluding hydrogens is 334 g/mol. The molecule has 0 amide bonds. The fourth-order valence-electron chi connectivity index (χ4n) is 1.18. The first-order valence-electron chi connectivity index (χ1n) is 5.15. The predicted molar refractivity (Wildman–Crippen MR) is 77.6 cm³/mol. The molecule has 19 heavy (non-hydrogen) atoms. The van der Waals surface area contributed by atoms with E-state index in [1.54, 1.807) is 12.2 Å². The van der Waals surface area contributed by atoms with E-state index in [-0.39, 0.29) is 17.6 Å². The first kappa shape index (κ1) is 16.9. The van der Waals surface area contributed by atoms with E-state index >= 15 is 0 Å². The number of rotatable bonds is 5. The zero-order chi connectivity index (χ0) is 14.8. The van der Waals surface area contributed by atoms with Crippen molar-refractivity contribution >= 4 is 45.4 Å². The van der Waals surface area contributed by atoms with Crippen LogP contribution < -0.4 is 0 Å². The number of hydrogen-bond donors (Lipinski definition) is 0. The molecule has 1 aliphatic carbocycles. The molecule has 0 aromatic rings. The van der Waals surface area contributed by atoms with Crippen molar-refractivity contribution in [2.45, 2.75) is 17.3 Å². The largest absolute Gasteiger partial charge is 0.324 e. The molecule has 0 radical (unpaired) electrons. The highest BCUT2D eigenvalue weighted by atomic mass is 35.5. The lowest BCUT2D eigenvalue weighted by atomic mass is 10.1. The van der Waals surface area contributed by atoms with Gasteiger partial charge in [-0.05, 0) is 18.6 Å². The van der Waals surface area contributed by atoms with E-state index in [1.165, 1.54) is 14.1 Å². The molecule has 0 atom stereocenters. The maximum absolute atomic E-state index is 13.4. The SMILES string of the molecule is CC1=CCC(N(SC(F)(Cl)Cl)S(=O)(=O)N(C)C)=C=C1. The van der Waals surface area contributed by atoms with E-state index in [0.29, 0.717) is 6.42 Å². The van der Waals surface area contributed by atoms with Gasteiger partial charge in [-0.25, -0.2) is 0 Å². The normalized spacial score (nSPS) is 16.4. The lowest BCUT2D eigenvalue weighted by molar-refractivity contribution is 0.476. The minimum absolute atomic E-state index is 0.164. The Bertz CT molecular complexity index is 546. The summed E-state index contributed by atoms with van der Waals surface area (Å²) in [6, 6.07) is 0. The molecule has 1 aliphatic rings. The molecular formula is C10H13Cl2FN2O2S2. The van der Waals surface area contributed by atoms with Crippen LogP contribution in [-0.2, 0) is 10.2 Å². The quantitative estimate of drug-likeness (QED) is 0.436. The highest BCUT2D eigenvalue weighted by Gasteiger charge is 2.37. The molecule has 108 valence electrons. The Morgan fingerprint density at radius 1 is 1.47 bits per heavy atom. The summed E-state index contributed by atoms with van der Waals surface area (Å²) in [6.07, 6.45) is 3.71. The van der Waals surface area contributed by atoms with Gasteiger partial charge in [-0.2, -0.15) is 20.8 Å². The molecule has 0 bridgehead atoms. The van der Waals surface area contributed by atoms with Crippen LogP contribution in [0, 0.1) is 0 Å². The molecule has 0 aromatic carbocycles. The van der Waals surface area contributed by atoms with Crippen molar-refractivity contribution in [3.63, 3.8) is 0 Å². The second-order valence-corrected chi connectivity index (χ2v) is 8.96. The zero-order valence-electron chi connectivity index (χ0n) is 10.5. The summed E-state index contributed by atoms with van der Waals surface area (Å²) >= 11 is 10.7. The van der Waals surface area contributed by atoms with E-state index in [2.05, 4.69) is 5.73 Å². The Kier molecular flexibility index (Phi) is 5.40. The van der Waals surface area contributed by atoms with Gasteiger partial charge in [0.25, 0.3) is 0 Å². The fraction of sp³-hybridized carbons (Fsp3) is 0.500. The van der Waals surface area contributed by atoms with Gasteiger partial charge in [-0.15, -0.1) is 0 Å². The number of hydrogen-bond acceptors (Lipinski definition) is 3. The van der Waals surface area contributed by atoms with Crippen LogP contribution in [0.15, 0.2) is 29.2 Å². The molecule has 1 rings (SSSR count). The van der Waals surface area contributed by atoms with Gasteiger partial charge in [0, 0.05) is 32.5 Å². The van der Waals surface area contributed by atoms with E-state index < -0.39 is 14.1 Å². The minimum atomic E-state index is -3.92. The second-order valence-electron chi connectivity index (χ2n) is 3.94. The van der Waals surface area contributed by atoms with Gasteiger partial charge in [0.1, 0.15) is 0 Å². The number of allylic oxidation sites excluding steroid dienone is 2. The van der Waals surface area contributed by atoms with Crippen LogP contribution in [0.3, 0.4) is 0 Å². The Morgan fingerprint density at radius 3 is 2.42 bits per heavy atom. The summed E-state index contributed by atoms with van der Waals surface area (Å²) in [5.41, 5.74) is 3.99. The van der Waals surface area contributed by atoms with Crippen molar-refractivity contribution < 1.29 is 12.8 Å². The minimum Gasteiger partial charge on any atom is -0.193 e. The Morgan fingerprint density at radius 2 is 2.05 bits per heavy atom. The summed E-state index contributed by atoms with van der Waals surface area (Å²) in [7, 11) is -1.25. The molecule has 0 unspecified atom stereocenters. The average Bonchev–Trinajstić information content (AvgIpc) is 2.25. The van der Waals surface area contributed by atoms with Crippen molar-refractivity contribution in [3.8, 4) is 0 Å². The summed E-state index contributed by atoms with van der Waals surface area (Å²) in [5.74, 6) is 0. The number of nitrogens with zero attached hydrogens (tertiary/aromatic N) is 2. The number of alkyl halides is 3. The summed E-state index contributed by atoms with van der Waals surface area (Å²) in [5, 5.41) is 0. The Balaban J connectivity index is 3.20. The van der Waals surface area contributed by atoms with Crippen LogP contribution >= 0.6 is 35.1 Å². The van der Waals surface area contributed by atoms with Gasteiger partial charge in [-0.1, -0.05) is 35.0 Å². The first-order valence-corrected chi connectivity index (χ1v) is 8.07. The van der Waals surface area contributed by atoms with Crippen LogP contribution in [-0.4, -0.2) is 34.4 Å². The van der Waals surface area contributed by atoms with Gasteiger partial charge >= 0.3 is 14.1 Å². The molecule has 0 aromatic heterocycles. The Labute approximate surface area is 126 Å². The van der Waals surface area contributed by atoms with Gasteiger partial charge in [0.15, 0.2) is 0 Å². The van der Waals surface area contributed by atoms with Gasteiger partial charge in [-0.3, -0.25) is 0 Å². The van der Waals surface area contributed by atoms with Crippen molar-refractivity contribution in [1.29, 1.82) is 0 Å². The third-order valence-corrected chi connectivity index (χ3v) is 5.52. The van der Waals surface area contributed by atoms with Gasteiger partial charge in [0.2, 0.25) is 0 Å². The summed E-state index contributed by atoms with van der Waals surface area (Å²) in [4.78, 5) is 0. The molecule has 0 saturated carbocycles. The molecule has 0 heterocycles. The zero-order valence-corrected chi connectivity index (χ0v) is 13.7. The monoisotopic (exact) mass is 346 g/mol. The molecule has 0 saturated heterocycles. The lowest BCUT2D eigenvalue weighted by Gasteiger charge is -2.28. The second kappa shape index (κ2) is 6.08. The van der Waals surface area contributed by atoms with Crippen molar-refractivity contribution in [1.82, 2.24) is 8.02 Å². The molecule has 0 aliphatic heterocycles. The van der Waals surface area contributed by atoms with Gasteiger partial charge in [0.05, 0.1) is 5.70 Å². The van der Waals surface area contributed by atoms with Crippen LogP contribution in [0.1, 0.15) is 13.3 Å². The van der Waals surface area contributed by atoms with Crippen molar-refractivity contribution in [2.75, 3.05) is 14.1 Å². The van der Waals surface area contributed by atoms with Crippen LogP contribution in [0.5, 0.6) is 0 Å². The van der Waals surface area contributed by atoms with E-state index in [1.807, 2.05) is 6.92 Å². The van der Waals surface area contributed by atoms with Gasteiger partial charge < -0.3 is 0 Å². The highest BCUT2D eigenvalue weighted by molar-refractivity contribution is 8.10. The number of halogens is 3. The third-order valence-electron chi connectivity index (χ3n) is 2.16. The molecule has 0 fully saturated rings. The lowest BCUT2D eigenvalue weighted by Crippen LogP contribution is -2.36. The average molecular weight is 347 g/mol. The van der Waals surface area contributed by atoms with Crippen molar-refractivity contribution in [2.24, 2.45) is 0 Å². The molecule has 9 heteroatoms. The predicted octanol–water partition coefficient (Wildman–Crippen LogP) is 3.19. The van der Waals surface area contributed by atoms with Crippen LogP contribution in [0.4, 0.5) is 4.39 Å². The maximum Gasteiger partial charge on any atom is 0.324 e. The van der Waals surface area contributed by atoms with Crippen molar-refractivity contribution in [3.05, 3.63) is 29.2 Å². The maximum atomic E-state index is 13.4. The summed E-state index contributed by atoms with van der Waals surface area (Å²) in [6.45, 7) is 1.85. The third kappa shape index (κ3) is 4.70. The summed E-state index contributed by atoms with van der Waals surface area (Å²) < 4.78 is 36.6. The van der Waals surface area contributed by atoms with Crippen LogP contribution in [0.2, 0.25) is 0 Å². The van der Waals surface area contributed by atoms with E-state index in [0.717, 1.165) is 13.6 Å². The fourth-order valence-corrected chi connectivity index (χ4v) is 4.06. The standard InChI is InChI=1S/C10H13Cl2FN2O2S2/c1-8-4-6-9(7-5-8)15(18-10(11,12)13)19(16,17)14(2)3/h4-5H,6H2,1-3H3. The molecule has 0 N–H and O–H groups in total. The molecule has 4 nitrogen and oxygen atoms in total. The van der Waals surface area contributed by atoms with Crippen LogP contribution in [0.25, 0.3) is 0 Å². The first-order chi connectivity index (χ1) is 8.54. The smallest absolute Gasteiger partial charge is 0.193 e. The van der Waals surface area contributed by atoms with E-state index in [9.17, 15) is 12.8 Å². The topological polar surface area (TPSA) is 40.6 Å². The highest BCUT2D eigenvalue weighted by Crippen LogP contribution is 2.42. The Hall–Kier alpha value is -0.170. The molecule has 0 spiro atoms. The van der Waals surface area contributed by atoms with E-state index in [4.69, 9.17) is 23.2 Å².